The van der Waals surface area contributed by atoms with Crippen LogP contribution in [-0.4, -0.2) is 75.0 Å². The molecule has 2 aromatic heterocycles. The van der Waals surface area contributed by atoms with Crippen LogP contribution in [0.2, 0.25) is 0 Å². The lowest BCUT2D eigenvalue weighted by atomic mass is 10.2. The molecule has 0 unspecified atom stereocenters. The van der Waals surface area contributed by atoms with Crippen LogP contribution in [-0.2, 0) is 18.9 Å². The van der Waals surface area contributed by atoms with Crippen molar-refractivity contribution < 1.29 is 9.59 Å². The second-order valence-corrected chi connectivity index (χ2v) is 8.68. The molecular weight excluding hydrogens is 436 g/mol. The van der Waals surface area contributed by atoms with Gasteiger partial charge in [0.15, 0.2) is 0 Å². The van der Waals surface area contributed by atoms with E-state index in [1.54, 1.807) is 36.5 Å². The molecule has 0 N–H and O–H groups in total. The van der Waals surface area contributed by atoms with E-state index in [0.29, 0.717) is 38.3 Å². The summed E-state index contributed by atoms with van der Waals surface area (Å²) in [5.74, 6) is -0.232. The van der Waals surface area contributed by atoms with Crippen molar-refractivity contribution in [2.75, 3.05) is 44.2 Å². The predicted molar refractivity (Wildman–Crippen MR) is 130 cm³/mol. The Kier molecular flexibility index (Phi) is 8.17. The summed E-state index contributed by atoms with van der Waals surface area (Å²) in [7, 11) is 2.96. The molecule has 2 aromatic rings. The van der Waals surface area contributed by atoms with E-state index in [2.05, 4.69) is 9.88 Å². The molecule has 10 nitrogen and oxygen atoms in total. The minimum Gasteiger partial charge on any atom is -0.336 e. The highest BCUT2D eigenvalue weighted by molar-refractivity contribution is 5.94. The van der Waals surface area contributed by atoms with Crippen LogP contribution in [0.5, 0.6) is 0 Å². The fourth-order valence-electron chi connectivity index (χ4n) is 3.82. The fraction of sp³-hybridized carbons (Fsp3) is 0.458. The second kappa shape index (κ2) is 11.1. The number of hydrogen-bond donors (Lipinski definition) is 0. The van der Waals surface area contributed by atoms with E-state index in [1.165, 1.54) is 22.7 Å². The molecule has 1 aliphatic rings. The maximum Gasteiger partial charge on any atom is 0.330 e. The summed E-state index contributed by atoms with van der Waals surface area (Å²) in [6, 6.07) is 3.50. The Morgan fingerprint density at radius 3 is 2.44 bits per heavy atom. The monoisotopic (exact) mass is 468 g/mol. The van der Waals surface area contributed by atoms with Crippen LogP contribution in [0.4, 0.5) is 5.69 Å². The van der Waals surface area contributed by atoms with Gasteiger partial charge in [0.05, 0.1) is 5.56 Å². The summed E-state index contributed by atoms with van der Waals surface area (Å²) in [5.41, 5.74) is 0.830. The molecular formula is C24H32N6O4. The Balaban J connectivity index is 1.65. The maximum atomic E-state index is 13.2. The Morgan fingerprint density at radius 2 is 1.82 bits per heavy atom. The molecule has 0 aromatic carbocycles. The van der Waals surface area contributed by atoms with Crippen LogP contribution in [0, 0.1) is 0 Å². The van der Waals surface area contributed by atoms with Gasteiger partial charge in [0.25, 0.3) is 11.5 Å². The third-order valence-corrected chi connectivity index (χ3v) is 5.91. The van der Waals surface area contributed by atoms with Crippen LogP contribution >= 0.6 is 0 Å². The molecule has 0 atom stereocenters. The van der Waals surface area contributed by atoms with Crippen molar-refractivity contribution in [2.24, 2.45) is 14.1 Å². The van der Waals surface area contributed by atoms with Gasteiger partial charge in [-0.05, 0) is 26.0 Å². The molecule has 10 heteroatoms. The normalized spacial score (nSPS) is 14.1. The number of aryl methyl sites for hydroxylation is 1. The van der Waals surface area contributed by atoms with Gasteiger partial charge in [0.1, 0.15) is 5.69 Å². The third-order valence-electron chi connectivity index (χ3n) is 5.91. The molecule has 0 radical (unpaired) electrons. The Bertz CT molecular complexity index is 1170. The minimum atomic E-state index is -0.499. The van der Waals surface area contributed by atoms with E-state index in [9.17, 15) is 19.2 Å². The van der Waals surface area contributed by atoms with Gasteiger partial charge in [-0.2, -0.15) is 0 Å². The summed E-state index contributed by atoms with van der Waals surface area (Å²) >= 11 is 0. The largest absolute Gasteiger partial charge is 0.336 e. The zero-order valence-electron chi connectivity index (χ0n) is 20.2. The molecule has 34 heavy (non-hydrogen) atoms. The van der Waals surface area contributed by atoms with E-state index >= 15 is 0 Å². The van der Waals surface area contributed by atoms with Gasteiger partial charge < -0.3 is 14.4 Å². The number of nitrogens with zero attached hydrogens (tertiary/aromatic N) is 6. The van der Waals surface area contributed by atoms with Crippen molar-refractivity contribution >= 4 is 17.5 Å². The van der Waals surface area contributed by atoms with Crippen LogP contribution in [0.3, 0.4) is 0 Å². The van der Waals surface area contributed by atoms with Crippen LogP contribution in [0.1, 0.15) is 30.6 Å². The van der Waals surface area contributed by atoms with Crippen molar-refractivity contribution in [2.45, 2.75) is 20.3 Å². The number of piperazine rings is 1. The molecule has 3 heterocycles. The average Bonchev–Trinajstić information content (AvgIpc) is 2.84. The summed E-state index contributed by atoms with van der Waals surface area (Å²) in [6.45, 7) is 7.09. The average molecular weight is 469 g/mol. The Morgan fingerprint density at radius 1 is 1.12 bits per heavy atom. The van der Waals surface area contributed by atoms with Crippen molar-refractivity contribution in [3.05, 3.63) is 68.8 Å². The molecule has 0 bridgehead atoms. The van der Waals surface area contributed by atoms with Gasteiger partial charge in [-0.25, -0.2) is 4.79 Å². The SMILES string of the molecule is CC(C)=CCN(C(=O)CCN1CCN(C(=O)c2cccnc2)CC1)c1cn(C)c(=O)n(C)c1=O. The zero-order valence-corrected chi connectivity index (χ0v) is 20.2. The number of pyridine rings is 1. The first-order valence-electron chi connectivity index (χ1n) is 11.3. The number of hydrogen-bond acceptors (Lipinski definition) is 6. The van der Waals surface area contributed by atoms with Crippen LogP contribution < -0.4 is 16.1 Å². The molecule has 0 spiro atoms. The first kappa shape index (κ1) is 25.1. The lowest BCUT2D eigenvalue weighted by molar-refractivity contribution is -0.118. The molecule has 1 saturated heterocycles. The number of carbonyl (C=O) groups excluding carboxylic acids is 2. The van der Waals surface area contributed by atoms with Crippen molar-refractivity contribution in [1.82, 2.24) is 23.9 Å². The minimum absolute atomic E-state index is 0.0396. The molecule has 1 aliphatic heterocycles. The number of allylic oxidation sites excluding steroid dienone is 1. The van der Waals surface area contributed by atoms with E-state index < -0.39 is 11.2 Å². The highest BCUT2D eigenvalue weighted by atomic mass is 16.2. The Hall–Kier alpha value is -3.53. The van der Waals surface area contributed by atoms with Gasteiger partial charge in [0.2, 0.25) is 5.91 Å². The van der Waals surface area contributed by atoms with Gasteiger partial charge in [-0.3, -0.25) is 28.8 Å². The summed E-state index contributed by atoms with van der Waals surface area (Å²) in [5, 5.41) is 0. The third kappa shape index (κ3) is 5.88. The van der Waals surface area contributed by atoms with Crippen molar-refractivity contribution in [3.63, 3.8) is 0 Å². The number of carbonyl (C=O) groups is 2. The Labute approximate surface area is 198 Å². The molecule has 0 aliphatic carbocycles. The smallest absolute Gasteiger partial charge is 0.330 e. The lowest BCUT2D eigenvalue weighted by Gasteiger charge is -2.35. The fourth-order valence-corrected chi connectivity index (χ4v) is 3.82. The van der Waals surface area contributed by atoms with Crippen LogP contribution in [0.25, 0.3) is 0 Å². The standard InChI is InChI=1S/C24H32N6O4/c1-18(2)7-11-30(20-17-26(3)24(34)27(4)23(20)33)21(31)8-10-28-12-14-29(15-13-28)22(32)19-6-5-9-25-16-19/h5-7,9,16-17H,8,10-15H2,1-4H3. The summed E-state index contributed by atoms with van der Waals surface area (Å²) in [6.07, 6.45) is 6.73. The molecule has 1 fully saturated rings. The molecule has 0 saturated carbocycles. The van der Waals surface area contributed by atoms with E-state index in [-0.39, 0.29) is 30.5 Å². The maximum absolute atomic E-state index is 13.2. The van der Waals surface area contributed by atoms with Gasteiger partial charge >= 0.3 is 5.69 Å². The summed E-state index contributed by atoms with van der Waals surface area (Å²) < 4.78 is 2.31. The molecule has 3 rings (SSSR count). The summed E-state index contributed by atoms with van der Waals surface area (Å²) in [4.78, 5) is 60.0. The predicted octanol–water partition coefficient (Wildman–Crippen LogP) is 0.626. The highest BCUT2D eigenvalue weighted by Gasteiger charge is 2.24. The van der Waals surface area contributed by atoms with E-state index in [0.717, 1.165) is 10.1 Å². The van der Waals surface area contributed by atoms with E-state index in [1.807, 2.05) is 19.9 Å². The first-order chi connectivity index (χ1) is 16.2. The lowest BCUT2D eigenvalue weighted by Crippen LogP contribution is -2.49. The van der Waals surface area contributed by atoms with Crippen molar-refractivity contribution in [1.29, 1.82) is 0 Å². The van der Waals surface area contributed by atoms with Gasteiger partial charge in [0, 0.05) is 78.4 Å². The van der Waals surface area contributed by atoms with Gasteiger partial charge in [-0.1, -0.05) is 11.6 Å². The molecule has 182 valence electrons. The number of anilines is 1. The van der Waals surface area contributed by atoms with Gasteiger partial charge in [-0.15, -0.1) is 0 Å². The second-order valence-electron chi connectivity index (χ2n) is 8.68. The number of aromatic nitrogens is 3. The highest BCUT2D eigenvalue weighted by Crippen LogP contribution is 2.12. The van der Waals surface area contributed by atoms with Crippen LogP contribution in [0.15, 0.2) is 52.0 Å². The topological polar surface area (TPSA) is 101 Å². The zero-order chi connectivity index (χ0) is 24.8. The quantitative estimate of drug-likeness (QED) is 0.553. The van der Waals surface area contributed by atoms with Crippen molar-refractivity contribution in [3.8, 4) is 0 Å². The first-order valence-corrected chi connectivity index (χ1v) is 11.3. The van der Waals surface area contributed by atoms with E-state index in [4.69, 9.17) is 0 Å². The number of amides is 2. The number of rotatable bonds is 7. The molecule has 2 amide bonds.